The summed E-state index contributed by atoms with van der Waals surface area (Å²) in [5.41, 5.74) is 0.881. The van der Waals surface area contributed by atoms with Gasteiger partial charge in [0.15, 0.2) is 0 Å². The highest BCUT2D eigenvalue weighted by atomic mass is 19.1. The molecule has 0 aromatic heterocycles. The Morgan fingerprint density at radius 2 is 2.13 bits per heavy atom. The summed E-state index contributed by atoms with van der Waals surface area (Å²) in [6, 6.07) is 5.97. The number of nitrogens with one attached hydrogen (secondary N) is 1. The van der Waals surface area contributed by atoms with Crippen LogP contribution in [0.25, 0.3) is 0 Å². The van der Waals surface area contributed by atoms with Crippen LogP contribution in [0.2, 0.25) is 0 Å². The molecule has 1 rings (SSSR count). The van der Waals surface area contributed by atoms with E-state index in [1.807, 2.05) is 0 Å². The maximum atomic E-state index is 12.7. The molecule has 0 heterocycles. The van der Waals surface area contributed by atoms with Gasteiger partial charge in [0.1, 0.15) is 5.82 Å². The Labute approximate surface area is 88.8 Å². The molecule has 1 amide bonds. The van der Waals surface area contributed by atoms with Crippen LogP contribution < -0.4 is 5.32 Å². The summed E-state index contributed by atoms with van der Waals surface area (Å²) in [6.07, 6.45) is 2.36. The van der Waals surface area contributed by atoms with E-state index in [0.29, 0.717) is 6.42 Å². The minimum atomic E-state index is -0.279. The van der Waals surface area contributed by atoms with E-state index >= 15 is 0 Å². The van der Waals surface area contributed by atoms with Crippen molar-refractivity contribution in [1.82, 2.24) is 5.32 Å². The van der Waals surface area contributed by atoms with Crippen molar-refractivity contribution in [2.24, 2.45) is 0 Å². The third-order valence-corrected chi connectivity index (χ3v) is 2.05. The molecular weight excluding hydrogens is 193 g/mol. The van der Waals surface area contributed by atoms with Crippen molar-refractivity contribution in [1.29, 1.82) is 0 Å². The quantitative estimate of drug-likeness (QED) is 0.755. The van der Waals surface area contributed by atoms with Crippen LogP contribution in [0.3, 0.4) is 0 Å². The molecule has 0 saturated heterocycles. The smallest absolute Gasteiger partial charge is 0.217 e. The topological polar surface area (TPSA) is 29.1 Å². The Morgan fingerprint density at radius 1 is 1.53 bits per heavy atom. The highest BCUT2D eigenvalue weighted by molar-refractivity contribution is 5.73. The Bertz CT molecular complexity index is 345. The molecule has 1 unspecified atom stereocenters. The third kappa shape index (κ3) is 3.54. The molecule has 3 heteroatoms. The average molecular weight is 207 g/mol. The molecule has 0 aliphatic rings. The lowest BCUT2D eigenvalue weighted by molar-refractivity contribution is -0.119. The summed E-state index contributed by atoms with van der Waals surface area (Å²) < 4.78 is 12.7. The van der Waals surface area contributed by atoms with Gasteiger partial charge >= 0.3 is 0 Å². The average Bonchev–Trinajstić information content (AvgIpc) is 2.17. The van der Waals surface area contributed by atoms with Gasteiger partial charge in [-0.1, -0.05) is 18.2 Å². The molecular formula is C12H14FNO. The lowest BCUT2D eigenvalue weighted by Gasteiger charge is -2.16. The molecule has 1 aromatic carbocycles. The van der Waals surface area contributed by atoms with Crippen LogP contribution in [-0.2, 0) is 4.79 Å². The van der Waals surface area contributed by atoms with Gasteiger partial charge in [0.2, 0.25) is 5.91 Å². The second kappa shape index (κ2) is 5.29. The van der Waals surface area contributed by atoms with E-state index in [9.17, 15) is 9.18 Å². The van der Waals surface area contributed by atoms with E-state index in [4.69, 9.17) is 0 Å². The van der Waals surface area contributed by atoms with Crippen molar-refractivity contribution >= 4 is 5.91 Å². The first kappa shape index (κ1) is 11.4. The lowest BCUT2D eigenvalue weighted by Crippen LogP contribution is -2.25. The summed E-state index contributed by atoms with van der Waals surface area (Å²) in [5.74, 6) is -0.384. The standard InChI is InChI=1S/C12H14FNO/c1-3-4-12(14-9(2)15)10-5-7-11(13)8-6-10/h3,5-8,12H,1,4H2,2H3,(H,14,15). The minimum absolute atomic E-state index is 0.105. The molecule has 0 spiro atoms. The summed E-state index contributed by atoms with van der Waals surface area (Å²) in [5, 5.41) is 2.78. The maximum absolute atomic E-state index is 12.7. The fourth-order valence-corrected chi connectivity index (χ4v) is 1.39. The molecule has 0 radical (unpaired) electrons. The number of rotatable bonds is 4. The first-order valence-corrected chi connectivity index (χ1v) is 4.77. The molecule has 0 bridgehead atoms. The Balaban J connectivity index is 2.83. The van der Waals surface area contributed by atoms with E-state index in [-0.39, 0.29) is 17.8 Å². The van der Waals surface area contributed by atoms with Gasteiger partial charge in [0, 0.05) is 6.92 Å². The maximum Gasteiger partial charge on any atom is 0.217 e. The molecule has 1 aromatic rings. The molecule has 1 atom stereocenters. The lowest BCUT2D eigenvalue weighted by atomic mass is 10.0. The van der Waals surface area contributed by atoms with Crippen LogP contribution in [0, 0.1) is 5.82 Å². The van der Waals surface area contributed by atoms with Gasteiger partial charge in [0.25, 0.3) is 0 Å². The Hall–Kier alpha value is -1.64. The molecule has 0 aliphatic carbocycles. The molecule has 1 N–H and O–H groups in total. The van der Waals surface area contributed by atoms with Crippen molar-refractivity contribution in [3.63, 3.8) is 0 Å². The molecule has 0 saturated carbocycles. The molecule has 80 valence electrons. The van der Waals surface area contributed by atoms with Crippen LogP contribution in [0.1, 0.15) is 24.9 Å². The number of carbonyl (C=O) groups excluding carboxylic acids is 1. The fourth-order valence-electron chi connectivity index (χ4n) is 1.39. The second-order valence-electron chi connectivity index (χ2n) is 3.33. The van der Waals surface area contributed by atoms with Gasteiger partial charge in [0.05, 0.1) is 6.04 Å². The van der Waals surface area contributed by atoms with E-state index in [1.165, 1.54) is 19.1 Å². The van der Waals surface area contributed by atoms with Gasteiger partial charge < -0.3 is 5.32 Å². The monoisotopic (exact) mass is 207 g/mol. The Morgan fingerprint density at radius 3 is 2.60 bits per heavy atom. The van der Waals surface area contributed by atoms with Crippen molar-refractivity contribution in [2.45, 2.75) is 19.4 Å². The highest BCUT2D eigenvalue weighted by Crippen LogP contribution is 2.17. The first-order valence-electron chi connectivity index (χ1n) is 4.77. The van der Waals surface area contributed by atoms with E-state index in [2.05, 4.69) is 11.9 Å². The van der Waals surface area contributed by atoms with Crippen LogP contribution >= 0.6 is 0 Å². The third-order valence-electron chi connectivity index (χ3n) is 2.05. The largest absolute Gasteiger partial charge is 0.349 e. The van der Waals surface area contributed by atoms with E-state index in [1.54, 1.807) is 18.2 Å². The van der Waals surface area contributed by atoms with Gasteiger partial charge in [-0.05, 0) is 24.1 Å². The van der Waals surface area contributed by atoms with Gasteiger partial charge in [-0.15, -0.1) is 6.58 Å². The first-order chi connectivity index (χ1) is 7.13. The predicted molar refractivity (Wildman–Crippen MR) is 57.8 cm³/mol. The van der Waals surface area contributed by atoms with Crippen molar-refractivity contribution in [3.05, 3.63) is 48.3 Å². The molecule has 0 aliphatic heterocycles. The van der Waals surface area contributed by atoms with Gasteiger partial charge in [-0.25, -0.2) is 4.39 Å². The number of carbonyl (C=O) groups is 1. The molecule has 2 nitrogen and oxygen atoms in total. The highest BCUT2D eigenvalue weighted by Gasteiger charge is 2.10. The Kier molecular flexibility index (Phi) is 4.03. The summed E-state index contributed by atoms with van der Waals surface area (Å²) in [6.45, 7) is 5.08. The summed E-state index contributed by atoms with van der Waals surface area (Å²) in [7, 11) is 0. The van der Waals surface area contributed by atoms with Gasteiger partial charge in [-0.2, -0.15) is 0 Å². The van der Waals surface area contributed by atoms with Crippen LogP contribution in [0.4, 0.5) is 4.39 Å². The number of amides is 1. The van der Waals surface area contributed by atoms with Gasteiger partial charge in [-0.3, -0.25) is 4.79 Å². The minimum Gasteiger partial charge on any atom is -0.349 e. The van der Waals surface area contributed by atoms with Crippen molar-refractivity contribution < 1.29 is 9.18 Å². The van der Waals surface area contributed by atoms with Crippen LogP contribution in [0.15, 0.2) is 36.9 Å². The normalized spacial score (nSPS) is 11.9. The zero-order valence-electron chi connectivity index (χ0n) is 8.66. The van der Waals surface area contributed by atoms with Crippen LogP contribution in [-0.4, -0.2) is 5.91 Å². The molecule has 0 fully saturated rings. The zero-order chi connectivity index (χ0) is 11.3. The fraction of sp³-hybridized carbons (Fsp3) is 0.250. The van der Waals surface area contributed by atoms with Crippen molar-refractivity contribution in [2.75, 3.05) is 0 Å². The number of benzene rings is 1. The summed E-state index contributed by atoms with van der Waals surface area (Å²) >= 11 is 0. The van der Waals surface area contributed by atoms with Crippen molar-refractivity contribution in [3.8, 4) is 0 Å². The van der Waals surface area contributed by atoms with Crippen LogP contribution in [0.5, 0.6) is 0 Å². The number of hydrogen-bond donors (Lipinski definition) is 1. The number of halogens is 1. The van der Waals surface area contributed by atoms with E-state index < -0.39 is 0 Å². The summed E-state index contributed by atoms with van der Waals surface area (Å²) in [4.78, 5) is 10.9. The zero-order valence-corrected chi connectivity index (χ0v) is 8.66. The predicted octanol–water partition coefficient (Wildman–Crippen LogP) is 2.58. The second-order valence-corrected chi connectivity index (χ2v) is 3.33. The van der Waals surface area contributed by atoms with E-state index in [0.717, 1.165) is 5.56 Å². The SMILES string of the molecule is C=CCC(NC(C)=O)c1ccc(F)cc1. The number of hydrogen-bond acceptors (Lipinski definition) is 1. The molecule has 15 heavy (non-hydrogen) atoms.